The second kappa shape index (κ2) is 6.31. The number of nitrogens with zero attached hydrogens (tertiary/aromatic N) is 2. The molecule has 0 aromatic heterocycles. The fourth-order valence-electron chi connectivity index (χ4n) is 2.78. The summed E-state index contributed by atoms with van der Waals surface area (Å²) in [5.41, 5.74) is 0.576. The van der Waals surface area contributed by atoms with Gasteiger partial charge in [-0.15, -0.1) is 0 Å². The molecule has 2 saturated heterocycles. The minimum Gasteiger partial charge on any atom is -0.337 e. The summed E-state index contributed by atoms with van der Waals surface area (Å²) in [6.07, 6.45) is 0.849. The Bertz CT molecular complexity index is 585. The summed E-state index contributed by atoms with van der Waals surface area (Å²) >= 11 is 0. The van der Waals surface area contributed by atoms with Gasteiger partial charge in [0.25, 0.3) is 5.91 Å². The number of hydrogen-bond acceptors (Lipinski definition) is 3. The molecule has 1 aromatic rings. The molecule has 0 atom stereocenters. The summed E-state index contributed by atoms with van der Waals surface area (Å²) in [5.74, 6) is -0.867. The van der Waals surface area contributed by atoms with Crippen molar-refractivity contribution in [2.75, 3.05) is 44.2 Å². The largest absolute Gasteiger partial charge is 0.337 e. The number of carbonyl (C=O) groups excluding carboxylic acids is 2. The number of nitrogens with one attached hydrogen (secondary N) is 2. The highest BCUT2D eigenvalue weighted by atomic mass is 19.1. The molecular formula is C15H19FN4O2. The van der Waals surface area contributed by atoms with Crippen molar-refractivity contribution in [2.24, 2.45) is 0 Å². The van der Waals surface area contributed by atoms with Gasteiger partial charge in [0.2, 0.25) is 0 Å². The van der Waals surface area contributed by atoms with Crippen LogP contribution >= 0.6 is 0 Å². The van der Waals surface area contributed by atoms with Crippen LogP contribution in [0.4, 0.5) is 14.9 Å². The van der Waals surface area contributed by atoms with E-state index in [1.807, 2.05) is 0 Å². The van der Waals surface area contributed by atoms with Crippen molar-refractivity contribution in [1.29, 1.82) is 0 Å². The van der Waals surface area contributed by atoms with Crippen molar-refractivity contribution in [2.45, 2.75) is 6.42 Å². The molecule has 0 saturated carbocycles. The van der Waals surface area contributed by atoms with Gasteiger partial charge in [-0.1, -0.05) is 0 Å². The van der Waals surface area contributed by atoms with Gasteiger partial charge in [0.1, 0.15) is 5.82 Å². The first kappa shape index (κ1) is 14.8. The van der Waals surface area contributed by atoms with Crippen LogP contribution in [-0.2, 0) is 0 Å². The first-order valence-electron chi connectivity index (χ1n) is 7.52. The number of anilines is 1. The van der Waals surface area contributed by atoms with E-state index < -0.39 is 5.82 Å². The predicted octanol–water partition coefficient (Wildman–Crippen LogP) is 0.791. The lowest BCUT2D eigenvalue weighted by Gasteiger charge is -2.21. The zero-order valence-electron chi connectivity index (χ0n) is 12.3. The molecule has 6 nitrogen and oxygen atoms in total. The molecule has 22 heavy (non-hydrogen) atoms. The Morgan fingerprint density at radius 3 is 2.77 bits per heavy atom. The van der Waals surface area contributed by atoms with E-state index in [1.54, 1.807) is 4.90 Å². The maximum absolute atomic E-state index is 14.1. The monoisotopic (exact) mass is 306 g/mol. The van der Waals surface area contributed by atoms with E-state index in [4.69, 9.17) is 0 Å². The average molecular weight is 306 g/mol. The van der Waals surface area contributed by atoms with E-state index in [2.05, 4.69) is 10.6 Å². The molecule has 3 rings (SSSR count). The van der Waals surface area contributed by atoms with E-state index in [0.29, 0.717) is 38.4 Å². The van der Waals surface area contributed by atoms with Crippen molar-refractivity contribution in [3.05, 3.63) is 29.6 Å². The Morgan fingerprint density at radius 1 is 1.14 bits per heavy atom. The van der Waals surface area contributed by atoms with Crippen molar-refractivity contribution in [3.63, 3.8) is 0 Å². The highest BCUT2D eigenvalue weighted by molar-refractivity contribution is 5.98. The third-order valence-corrected chi connectivity index (χ3v) is 3.98. The topological polar surface area (TPSA) is 64.7 Å². The van der Waals surface area contributed by atoms with Crippen molar-refractivity contribution < 1.29 is 14.0 Å². The molecule has 0 aliphatic carbocycles. The minimum absolute atomic E-state index is 0.0269. The van der Waals surface area contributed by atoms with Crippen LogP contribution < -0.4 is 15.5 Å². The van der Waals surface area contributed by atoms with E-state index in [0.717, 1.165) is 13.0 Å². The molecule has 2 N–H and O–H groups in total. The molecule has 0 unspecified atom stereocenters. The quantitative estimate of drug-likeness (QED) is 0.849. The molecule has 3 amide bonds. The third-order valence-electron chi connectivity index (χ3n) is 3.98. The van der Waals surface area contributed by atoms with E-state index in [9.17, 15) is 14.0 Å². The zero-order valence-corrected chi connectivity index (χ0v) is 12.3. The van der Waals surface area contributed by atoms with Gasteiger partial charge >= 0.3 is 6.03 Å². The van der Waals surface area contributed by atoms with Crippen LogP contribution in [0.15, 0.2) is 18.2 Å². The Morgan fingerprint density at radius 2 is 2.00 bits per heavy atom. The van der Waals surface area contributed by atoms with Crippen molar-refractivity contribution >= 4 is 17.6 Å². The number of halogens is 1. The number of hydrogen-bond donors (Lipinski definition) is 2. The highest BCUT2D eigenvalue weighted by Crippen LogP contribution is 2.22. The average Bonchev–Trinajstić information content (AvgIpc) is 2.77. The number of amides is 3. The Kier molecular flexibility index (Phi) is 4.24. The molecule has 0 bridgehead atoms. The summed E-state index contributed by atoms with van der Waals surface area (Å²) in [6, 6.07) is 4.04. The number of rotatable bonds is 2. The van der Waals surface area contributed by atoms with Crippen LogP contribution in [0.2, 0.25) is 0 Å². The first-order chi connectivity index (χ1) is 10.7. The minimum atomic E-state index is -0.550. The lowest BCUT2D eigenvalue weighted by atomic mass is 10.1. The molecule has 2 fully saturated rings. The second-order valence-corrected chi connectivity index (χ2v) is 5.44. The summed E-state index contributed by atoms with van der Waals surface area (Å²) in [5, 5.41) is 5.90. The molecule has 0 radical (unpaired) electrons. The summed E-state index contributed by atoms with van der Waals surface area (Å²) in [7, 11) is 0. The van der Waals surface area contributed by atoms with Crippen LogP contribution in [0.5, 0.6) is 0 Å². The van der Waals surface area contributed by atoms with Crippen LogP contribution in [0.25, 0.3) is 0 Å². The second-order valence-electron chi connectivity index (χ2n) is 5.44. The van der Waals surface area contributed by atoms with Gasteiger partial charge in [-0.05, 0) is 31.2 Å². The van der Waals surface area contributed by atoms with Gasteiger partial charge in [-0.3, -0.25) is 9.69 Å². The van der Waals surface area contributed by atoms with Crippen LogP contribution in [0, 0.1) is 5.82 Å². The van der Waals surface area contributed by atoms with Gasteiger partial charge in [0, 0.05) is 38.4 Å². The maximum atomic E-state index is 14.1. The first-order valence-corrected chi connectivity index (χ1v) is 7.52. The summed E-state index contributed by atoms with van der Waals surface area (Å²) in [6.45, 7) is 3.82. The molecule has 2 aliphatic heterocycles. The Balaban J connectivity index is 1.85. The summed E-state index contributed by atoms with van der Waals surface area (Å²) < 4.78 is 14.1. The SMILES string of the molecule is O=C(c1cc(N2CCNC2=O)ccc1F)N1CCCNCC1. The molecule has 7 heteroatoms. The van der Waals surface area contributed by atoms with E-state index in [1.165, 1.54) is 23.1 Å². The van der Waals surface area contributed by atoms with E-state index in [-0.39, 0.29) is 17.5 Å². The van der Waals surface area contributed by atoms with Gasteiger partial charge in [-0.2, -0.15) is 0 Å². The smallest absolute Gasteiger partial charge is 0.321 e. The zero-order chi connectivity index (χ0) is 15.5. The fourth-order valence-corrected chi connectivity index (χ4v) is 2.78. The number of benzene rings is 1. The van der Waals surface area contributed by atoms with Gasteiger partial charge in [0.15, 0.2) is 0 Å². The normalized spacial score (nSPS) is 19.0. The van der Waals surface area contributed by atoms with Crippen LogP contribution in [-0.4, -0.2) is 56.1 Å². The van der Waals surface area contributed by atoms with Crippen LogP contribution in [0.1, 0.15) is 16.8 Å². The van der Waals surface area contributed by atoms with Crippen molar-refractivity contribution in [3.8, 4) is 0 Å². The molecule has 0 spiro atoms. The standard InChI is InChI=1S/C15H19FN4O2/c16-13-3-2-11(20-9-6-18-15(20)22)10-12(13)14(21)19-7-1-4-17-5-8-19/h2-3,10,17H,1,4-9H2,(H,18,22). The van der Waals surface area contributed by atoms with E-state index >= 15 is 0 Å². The highest BCUT2D eigenvalue weighted by Gasteiger charge is 2.25. The molecule has 2 heterocycles. The van der Waals surface area contributed by atoms with Gasteiger partial charge < -0.3 is 15.5 Å². The molecule has 2 aliphatic rings. The fraction of sp³-hybridized carbons (Fsp3) is 0.467. The maximum Gasteiger partial charge on any atom is 0.321 e. The summed E-state index contributed by atoms with van der Waals surface area (Å²) in [4.78, 5) is 27.4. The van der Waals surface area contributed by atoms with Gasteiger partial charge in [0.05, 0.1) is 5.56 Å². The molecule has 118 valence electrons. The lowest BCUT2D eigenvalue weighted by Crippen LogP contribution is -2.35. The van der Waals surface area contributed by atoms with Crippen LogP contribution in [0.3, 0.4) is 0 Å². The van der Waals surface area contributed by atoms with Gasteiger partial charge in [-0.25, -0.2) is 9.18 Å². The molecule has 1 aromatic carbocycles. The number of urea groups is 1. The Hall–Kier alpha value is -2.15. The lowest BCUT2D eigenvalue weighted by molar-refractivity contribution is 0.0761. The third kappa shape index (κ3) is 2.89. The predicted molar refractivity (Wildman–Crippen MR) is 80.5 cm³/mol. The van der Waals surface area contributed by atoms with Crippen molar-refractivity contribution in [1.82, 2.24) is 15.5 Å². The Labute approximate surface area is 128 Å². The molecular weight excluding hydrogens is 287 g/mol. The number of carbonyl (C=O) groups is 2.